The molecule has 5 heteroatoms. The summed E-state index contributed by atoms with van der Waals surface area (Å²) in [6.07, 6.45) is 1.31. The molecule has 0 unspecified atom stereocenters. The second-order valence-corrected chi connectivity index (χ2v) is 7.02. The molecule has 0 saturated heterocycles. The van der Waals surface area contributed by atoms with Crippen molar-refractivity contribution in [1.82, 2.24) is 0 Å². The van der Waals surface area contributed by atoms with Gasteiger partial charge in [-0.05, 0) is 46.9 Å². The van der Waals surface area contributed by atoms with Crippen LogP contribution in [0.15, 0.2) is 54.1 Å². The SMILES string of the molecule is CC(C)(C)c1ccc(OCCOc2cccc(C=C(C#N)C(=O)O)c2)cc1. The van der Waals surface area contributed by atoms with Gasteiger partial charge < -0.3 is 14.6 Å². The predicted molar refractivity (Wildman–Crippen MR) is 104 cm³/mol. The van der Waals surface area contributed by atoms with E-state index in [1.807, 2.05) is 12.1 Å². The van der Waals surface area contributed by atoms with Crippen LogP contribution in [0.5, 0.6) is 11.5 Å². The summed E-state index contributed by atoms with van der Waals surface area (Å²) in [5.74, 6) is 0.108. The third-order valence-corrected chi connectivity index (χ3v) is 3.86. The molecule has 0 aliphatic heterocycles. The molecule has 5 nitrogen and oxygen atoms in total. The number of carboxylic acid groups (broad SMARTS) is 1. The van der Waals surface area contributed by atoms with Crippen molar-refractivity contribution in [1.29, 1.82) is 5.26 Å². The van der Waals surface area contributed by atoms with Crippen LogP contribution < -0.4 is 9.47 Å². The minimum atomic E-state index is -1.25. The van der Waals surface area contributed by atoms with Crippen LogP contribution in [0.4, 0.5) is 0 Å². The van der Waals surface area contributed by atoms with E-state index in [4.69, 9.17) is 19.8 Å². The Bertz CT molecular complexity index is 855. The lowest BCUT2D eigenvalue weighted by molar-refractivity contribution is -0.132. The molecule has 0 aliphatic carbocycles. The molecule has 2 aromatic carbocycles. The number of nitriles is 1. The van der Waals surface area contributed by atoms with Gasteiger partial charge in [-0.3, -0.25) is 0 Å². The molecule has 0 heterocycles. The predicted octanol–water partition coefficient (Wildman–Crippen LogP) is 4.43. The average molecular weight is 365 g/mol. The molecular formula is C22H23NO4. The van der Waals surface area contributed by atoms with Crippen LogP contribution in [-0.4, -0.2) is 24.3 Å². The van der Waals surface area contributed by atoms with E-state index in [2.05, 4.69) is 32.9 Å². The zero-order valence-corrected chi connectivity index (χ0v) is 15.7. The van der Waals surface area contributed by atoms with Crippen molar-refractivity contribution in [2.45, 2.75) is 26.2 Å². The van der Waals surface area contributed by atoms with E-state index < -0.39 is 5.97 Å². The van der Waals surface area contributed by atoms with Gasteiger partial charge in [0.05, 0.1) is 0 Å². The molecule has 0 radical (unpaired) electrons. The van der Waals surface area contributed by atoms with Crippen molar-refractivity contribution in [3.8, 4) is 17.6 Å². The van der Waals surface area contributed by atoms with Crippen molar-refractivity contribution in [2.75, 3.05) is 13.2 Å². The second kappa shape index (κ2) is 8.91. The third-order valence-electron chi connectivity index (χ3n) is 3.86. The summed E-state index contributed by atoms with van der Waals surface area (Å²) in [7, 11) is 0. The van der Waals surface area contributed by atoms with E-state index in [0.717, 1.165) is 5.75 Å². The molecule has 0 atom stereocenters. The maximum absolute atomic E-state index is 10.9. The largest absolute Gasteiger partial charge is 0.490 e. The fraction of sp³-hybridized carbons (Fsp3) is 0.273. The van der Waals surface area contributed by atoms with E-state index in [-0.39, 0.29) is 11.0 Å². The maximum atomic E-state index is 10.9. The Morgan fingerprint density at radius 1 is 1.07 bits per heavy atom. The zero-order valence-electron chi connectivity index (χ0n) is 15.7. The lowest BCUT2D eigenvalue weighted by atomic mass is 9.87. The molecule has 2 rings (SSSR count). The van der Waals surface area contributed by atoms with Gasteiger partial charge in [-0.25, -0.2) is 4.79 Å². The summed E-state index contributed by atoms with van der Waals surface area (Å²) >= 11 is 0. The van der Waals surface area contributed by atoms with Gasteiger partial charge in [0.1, 0.15) is 36.4 Å². The molecule has 0 saturated carbocycles. The van der Waals surface area contributed by atoms with Crippen LogP contribution >= 0.6 is 0 Å². The summed E-state index contributed by atoms with van der Waals surface area (Å²) in [4.78, 5) is 10.9. The lowest BCUT2D eigenvalue weighted by Crippen LogP contribution is -2.11. The highest BCUT2D eigenvalue weighted by Crippen LogP contribution is 2.24. The highest BCUT2D eigenvalue weighted by molar-refractivity contribution is 5.96. The number of hydrogen-bond acceptors (Lipinski definition) is 4. The Hall–Kier alpha value is -3.26. The summed E-state index contributed by atoms with van der Waals surface area (Å²) in [5, 5.41) is 17.7. The number of nitrogens with zero attached hydrogens (tertiary/aromatic N) is 1. The Balaban J connectivity index is 1.88. The molecule has 0 amide bonds. The van der Waals surface area contributed by atoms with Crippen molar-refractivity contribution < 1.29 is 19.4 Å². The Labute approximate surface area is 159 Å². The van der Waals surface area contributed by atoms with Gasteiger partial charge in [0, 0.05) is 0 Å². The molecule has 0 spiro atoms. The van der Waals surface area contributed by atoms with Crippen LogP contribution in [0, 0.1) is 11.3 Å². The van der Waals surface area contributed by atoms with Crippen molar-refractivity contribution >= 4 is 12.0 Å². The molecule has 0 fully saturated rings. The maximum Gasteiger partial charge on any atom is 0.346 e. The summed E-state index contributed by atoms with van der Waals surface area (Å²) in [5.41, 5.74) is 1.61. The summed E-state index contributed by atoms with van der Waals surface area (Å²) < 4.78 is 11.3. The molecule has 0 aliphatic rings. The van der Waals surface area contributed by atoms with Gasteiger partial charge in [0.15, 0.2) is 0 Å². The van der Waals surface area contributed by atoms with Gasteiger partial charge in [-0.1, -0.05) is 45.0 Å². The van der Waals surface area contributed by atoms with Gasteiger partial charge in [-0.2, -0.15) is 5.26 Å². The molecule has 0 aromatic heterocycles. The van der Waals surface area contributed by atoms with Crippen molar-refractivity contribution in [3.05, 3.63) is 65.2 Å². The van der Waals surface area contributed by atoms with Gasteiger partial charge in [0.2, 0.25) is 0 Å². The van der Waals surface area contributed by atoms with E-state index in [1.165, 1.54) is 11.6 Å². The fourth-order valence-corrected chi connectivity index (χ4v) is 2.37. The topological polar surface area (TPSA) is 79.5 Å². The number of benzene rings is 2. The lowest BCUT2D eigenvalue weighted by Gasteiger charge is -2.19. The van der Waals surface area contributed by atoms with Gasteiger partial charge >= 0.3 is 5.97 Å². The monoisotopic (exact) mass is 365 g/mol. The van der Waals surface area contributed by atoms with Crippen LogP contribution in [0.1, 0.15) is 31.9 Å². The fourth-order valence-electron chi connectivity index (χ4n) is 2.37. The van der Waals surface area contributed by atoms with Gasteiger partial charge in [-0.15, -0.1) is 0 Å². The molecular weight excluding hydrogens is 342 g/mol. The number of ether oxygens (including phenoxy) is 2. The number of hydrogen-bond donors (Lipinski definition) is 1. The Kier molecular flexibility index (Phi) is 6.62. The highest BCUT2D eigenvalue weighted by Gasteiger charge is 2.12. The van der Waals surface area contributed by atoms with Crippen LogP contribution in [-0.2, 0) is 10.2 Å². The number of rotatable bonds is 7. The molecule has 1 N–H and O–H groups in total. The minimum Gasteiger partial charge on any atom is -0.490 e. The molecule has 0 bridgehead atoms. The first-order valence-electron chi connectivity index (χ1n) is 8.61. The molecule has 140 valence electrons. The number of aliphatic carboxylic acids is 1. The van der Waals surface area contributed by atoms with Gasteiger partial charge in [0.25, 0.3) is 0 Å². The number of carbonyl (C=O) groups is 1. The smallest absolute Gasteiger partial charge is 0.346 e. The van der Waals surface area contributed by atoms with Crippen LogP contribution in [0.2, 0.25) is 0 Å². The summed E-state index contributed by atoms with van der Waals surface area (Å²) in [6.45, 7) is 7.22. The van der Waals surface area contributed by atoms with Crippen molar-refractivity contribution in [2.24, 2.45) is 0 Å². The molecule has 27 heavy (non-hydrogen) atoms. The first kappa shape index (κ1) is 20.1. The third kappa shape index (κ3) is 6.19. The van der Waals surface area contributed by atoms with Crippen molar-refractivity contribution in [3.63, 3.8) is 0 Å². The van der Waals surface area contributed by atoms with E-state index in [9.17, 15) is 4.79 Å². The Morgan fingerprint density at radius 2 is 1.70 bits per heavy atom. The van der Waals surface area contributed by atoms with Crippen LogP contribution in [0.25, 0.3) is 6.08 Å². The number of carboxylic acids is 1. The zero-order chi connectivity index (χ0) is 19.9. The highest BCUT2D eigenvalue weighted by atomic mass is 16.5. The first-order chi connectivity index (χ1) is 12.8. The van der Waals surface area contributed by atoms with E-state index in [0.29, 0.717) is 24.5 Å². The Morgan fingerprint density at radius 3 is 2.26 bits per heavy atom. The minimum absolute atomic E-state index is 0.104. The molecule has 2 aromatic rings. The standard InChI is InChI=1S/C22H23NO4/c1-22(2,3)18-7-9-19(10-8-18)26-11-12-27-20-6-4-5-16(14-20)13-17(15-23)21(24)25/h4-10,13-14H,11-12H2,1-3H3,(H,24,25). The quantitative estimate of drug-likeness (QED) is 0.446. The normalized spacial score (nSPS) is 11.6. The van der Waals surface area contributed by atoms with Crippen LogP contribution in [0.3, 0.4) is 0 Å². The van der Waals surface area contributed by atoms with E-state index >= 15 is 0 Å². The van der Waals surface area contributed by atoms with E-state index in [1.54, 1.807) is 30.3 Å². The second-order valence-electron chi connectivity index (χ2n) is 7.02. The average Bonchev–Trinajstić information content (AvgIpc) is 2.63. The first-order valence-corrected chi connectivity index (χ1v) is 8.61. The summed E-state index contributed by atoms with van der Waals surface area (Å²) in [6, 6.07) is 16.6.